The minimum absolute atomic E-state index is 0.238. The number of nitro benzene ring substituents is 1. The summed E-state index contributed by atoms with van der Waals surface area (Å²) in [4.78, 5) is 28.9. The van der Waals surface area contributed by atoms with Crippen molar-refractivity contribution in [3.63, 3.8) is 0 Å². The second-order valence-corrected chi connectivity index (χ2v) is 8.58. The van der Waals surface area contributed by atoms with Crippen molar-refractivity contribution in [1.82, 2.24) is 9.55 Å². The Hall–Kier alpha value is -5.48. The number of rotatable bonds is 4. The number of benzene rings is 4. The molecule has 0 aliphatic heterocycles. The standard InChI is InChI=1S/C31H21N3O4/c1-21-19-23(12-11-22-7-3-2-4-8-22)13-16-27(21)33-30(32-26-10-6-5-9-25(26)31(33)36)18-15-24-14-17-29(35)28(20-24)34(37)38/h2-10,13-20,35H,1H3. The lowest BCUT2D eigenvalue weighted by atomic mass is 10.1. The summed E-state index contributed by atoms with van der Waals surface area (Å²) >= 11 is 0. The zero-order valence-electron chi connectivity index (χ0n) is 20.3. The quantitative estimate of drug-likeness (QED) is 0.189. The van der Waals surface area contributed by atoms with Gasteiger partial charge in [-0.05, 0) is 72.7 Å². The Kier molecular flexibility index (Phi) is 6.53. The molecule has 0 atom stereocenters. The van der Waals surface area contributed by atoms with E-state index in [9.17, 15) is 20.0 Å². The van der Waals surface area contributed by atoms with Crippen LogP contribution in [0.4, 0.5) is 5.69 Å². The second-order valence-electron chi connectivity index (χ2n) is 8.58. The fourth-order valence-corrected chi connectivity index (χ4v) is 4.11. The Balaban J connectivity index is 1.62. The average Bonchev–Trinajstić information content (AvgIpc) is 2.92. The molecule has 1 heterocycles. The van der Waals surface area contributed by atoms with Crippen molar-refractivity contribution >= 4 is 28.7 Å². The Morgan fingerprint density at radius 2 is 1.63 bits per heavy atom. The van der Waals surface area contributed by atoms with Gasteiger partial charge in [-0.1, -0.05) is 54.3 Å². The van der Waals surface area contributed by atoms with E-state index in [1.165, 1.54) is 16.7 Å². The maximum atomic E-state index is 13.6. The number of aromatic nitrogens is 2. The molecule has 0 amide bonds. The molecule has 0 bridgehead atoms. The summed E-state index contributed by atoms with van der Waals surface area (Å²) in [5, 5.41) is 21.5. The predicted octanol–water partition coefficient (Wildman–Crippen LogP) is 5.88. The maximum Gasteiger partial charge on any atom is 0.311 e. The zero-order chi connectivity index (χ0) is 26.6. The summed E-state index contributed by atoms with van der Waals surface area (Å²) in [6.45, 7) is 1.90. The number of nitro groups is 1. The van der Waals surface area contributed by atoms with Gasteiger partial charge in [0.1, 0.15) is 5.82 Å². The van der Waals surface area contributed by atoms with Gasteiger partial charge >= 0.3 is 5.69 Å². The molecule has 38 heavy (non-hydrogen) atoms. The molecule has 0 radical (unpaired) electrons. The first kappa shape index (κ1) is 24.2. The largest absolute Gasteiger partial charge is 0.502 e. The van der Waals surface area contributed by atoms with Crippen LogP contribution in [-0.2, 0) is 0 Å². The Labute approximate surface area is 218 Å². The predicted molar refractivity (Wildman–Crippen MR) is 148 cm³/mol. The van der Waals surface area contributed by atoms with Crippen molar-refractivity contribution in [2.45, 2.75) is 6.92 Å². The molecule has 0 aliphatic rings. The fourth-order valence-electron chi connectivity index (χ4n) is 4.11. The molecule has 0 saturated heterocycles. The molecule has 7 nitrogen and oxygen atoms in total. The summed E-state index contributed by atoms with van der Waals surface area (Å²) in [7, 11) is 0. The lowest BCUT2D eigenvalue weighted by Crippen LogP contribution is -2.23. The Morgan fingerprint density at radius 3 is 2.39 bits per heavy atom. The zero-order valence-corrected chi connectivity index (χ0v) is 20.3. The Bertz CT molecular complexity index is 1850. The van der Waals surface area contributed by atoms with Crippen LogP contribution in [0, 0.1) is 28.9 Å². The lowest BCUT2D eigenvalue weighted by Gasteiger charge is -2.14. The number of fused-ring (bicyclic) bond motifs is 1. The van der Waals surface area contributed by atoms with E-state index >= 15 is 0 Å². The summed E-state index contributed by atoms with van der Waals surface area (Å²) in [6.07, 6.45) is 3.25. The summed E-state index contributed by atoms with van der Waals surface area (Å²) in [6, 6.07) is 26.5. The van der Waals surface area contributed by atoms with Crippen LogP contribution in [-0.4, -0.2) is 19.6 Å². The molecule has 4 aromatic carbocycles. The number of phenols is 1. The fraction of sp³-hybridized carbons (Fsp3) is 0.0323. The molecule has 7 heteroatoms. The van der Waals surface area contributed by atoms with E-state index < -0.39 is 16.4 Å². The molecule has 0 spiro atoms. The van der Waals surface area contributed by atoms with E-state index in [0.29, 0.717) is 28.0 Å². The van der Waals surface area contributed by atoms with Gasteiger partial charge in [-0.15, -0.1) is 0 Å². The van der Waals surface area contributed by atoms with E-state index in [0.717, 1.165) is 16.7 Å². The maximum absolute atomic E-state index is 13.6. The highest BCUT2D eigenvalue weighted by Crippen LogP contribution is 2.27. The minimum Gasteiger partial charge on any atom is -0.502 e. The van der Waals surface area contributed by atoms with Crippen LogP contribution in [0.25, 0.3) is 28.7 Å². The van der Waals surface area contributed by atoms with E-state index in [1.807, 2.05) is 55.5 Å². The molecular formula is C31H21N3O4. The molecule has 0 unspecified atom stereocenters. The molecule has 5 aromatic rings. The molecular weight excluding hydrogens is 478 g/mol. The third-order valence-corrected chi connectivity index (χ3v) is 5.99. The molecule has 0 fully saturated rings. The first-order valence-corrected chi connectivity index (χ1v) is 11.8. The molecule has 0 aliphatic carbocycles. The van der Waals surface area contributed by atoms with Gasteiger partial charge in [-0.2, -0.15) is 0 Å². The van der Waals surface area contributed by atoms with Gasteiger partial charge in [0.25, 0.3) is 5.56 Å². The van der Waals surface area contributed by atoms with Crippen molar-refractivity contribution in [1.29, 1.82) is 0 Å². The van der Waals surface area contributed by atoms with Crippen molar-refractivity contribution in [2.75, 3.05) is 0 Å². The molecule has 1 aromatic heterocycles. The third kappa shape index (κ3) is 4.92. The highest BCUT2D eigenvalue weighted by atomic mass is 16.6. The van der Waals surface area contributed by atoms with E-state index in [-0.39, 0.29) is 5.56 Å². The van der Waals surface area contributed by atoms with Crippen LogP contribution in [0.1, 0.15) is 28.1 Å². The third-order valence-electron chi connectivity index (χ3n) is 5.99. The van der Waals surface area contributed by atoms with Crippen molar-refractivity contribution in [2.24, 2.45) is 0 Å². The molecule has 0 saturated carbocycles. The normalized spacial score (nSPS) is 10.9. The van der Waals surface area contributed by atoms with Crippen LogP contribution < -0.4 is 5.56 Å². The van der Waals surface area contributed by atoms with Gasteiger partial charge < -0.3 is 5.11 Å². The first-order valence-electron chi connectivity index (χ1n) is 11.8. The van der Waals surface area contributed by atoms with E-state index in [1.54, 1.807) is 42.5 Å². The summed E-state index contributed by atoms with van der Waals surface area (Å²) in [5.74, 6) is 6.24. The van der Waals surface area contributed by atoms with Crippen LogP contribution in [0.2, 0.25) is 0 Å². The van der Waals surface area contributed by atoms with Gasteiger partial charge in [0.2, 0.25) is 0 Å². The topological polar surface area (TPSA) is 98.3 Å². The number of aromatic hydroxyl groups is 1. The average molecular weight is 500 g/mol. The number of hydrogen-bond acceptors (Lipinski definition) is 5. The van der Waals surface area contributed by atoms with Gasteiger partial charge in [-0.3, -0.25) is 19.5 Å². The van der Waals surface area contributed by atoms with E-state index in [2.05, 4.69) is 11.8 Å². The smallest absolute Gasteiger partial charge is 0.311 e. The number of aryl methyl sites for hydroxylation is 1. The van der Waals surface area contributed by atoms with Gasteiger partial charge in [0.05, 0.1) is 21.5 Å². The summed E-state index contributed by atoms with van der Waals surface area (Å²) < 4.78 is 1.53. The lowest BCUT2D eigenvalue weighted by molar-refractivity contribution is -0.385. The van der Waals surface area contributed by atoms with Crippen LogP contribution in [0.5, 0.6) is 5.75 Å². The van der Waals surface area contributed by atoms with Crippen LogP contribution in [0.3, 0.4) is 0 Å². The Morgan fingerprint density at radius 1 is 0.895 bits per heavy atom. The van der Waals surface area contributed by atoms with Crippen molar-refractivity contribution in [3.05, 3.63) is 140 Å². The number of phenolic OH excluding ortho intramolecular Hbond substituents is 1. The minimum atomic E-state index is -0.650. The number of hydrogen-bond donors (Lipinski definition) is 1. The highest BCUT2D eigenvalue weighted by Gasteiger charge is 2.15. The first-order chi connectivity index (χ1) is 18.4. The molecule has 1 N–H and O–H groups in total. The van der Waals surface area contributed by atoms with E-state index in [4.69, 9.17) is 4.98 Å². The van der Waals surface area contributed by atoms with Crippen molar-refractivity contribution in [3.8, 4) is 23.3 Å². The van der Waals surface area contributed by atoms with Gasteiger partial charge in [-0.25, -0.2) is 4.98 Å². The summed E-state index contributed by atoms with van der Waals surface area (Å²) in [5.41, 5.74) is 3.57. The van der Waals surface area contributed by atoms with Crippen LogP contribution in [0.15, 0.2) is 95.8 Å². The number of para-hydroxylation sites is 1. The molecule has 184 valence electrons. The van der Waals surface area contributed by atoms with Gasteiger partial charge in [0, 0.05) is 17.2 Å². The molecule has 5 rings (SSSR count). The van der Waals surface area contributed by atoms with Gasteiger partial charge in [0.15, 0.2) is 5.75 Å². The SMILES string of the molecule is Cc1cc(C#Cc2ccccc2)ccc1-n1c(C=Cc2ccc(O)c([N+](=O)[O-])c2)nc2ccccc2c1=O. The second kappa shape index (κ2) is 10.2. The highest BCUT2D eigenvalue weighted by molar-refractivity contribution is 5.80. The monoisotopic (exact) mass is 499 g/mol. The van der Waals surface area contributed by atoms with Crippen LogP contribution >= 0.6 is 0 Å². The number of nitrogens with zero attached hydrogens (tertiary/aromatic N) is 3. The van der Waals surface area contributed by atoms with Crippen molar-refractivity contribution < 1.29 is 10.0 Å².